The number of nitrogens with one attached hydrogen (secondary N) is 1. The van der Waals surface area contributed by atoms with Crippen molar-refractivity contribution in [3.63, 3.8) is 0 Å². The van der Waals surface area contributed by atoms with Gasteiger partial charge in [0, 0.05) is 43.7 Å². The van der Waals surface area contributed by atoms with Crippen LogP contribution in [-0.2, 0) is 4.79 Å². The molecular weight excluding hydrogens is 337 g/mol. The maximum atomic E-state index is 13.9. The average molecular weight is 361 g/mol. The van der Waals surface area contributed by atoms with Crippen molar-refractivity contribution >= 4 is 22.6 Å². The molecule has 0 radical (unpaired) electrons. The van der Waals surface area contributed by atoms with Crippen molar-refractivity contribution in [2.75, 3.05) is 44.7 Å². The lowest BCUT2D eigenvalue weighted by Gasteiger charge is -2.35. The summed E-state index contributed by atoms with van der Waals surface area (Å²) in [6.45, 7) is 7.29. The molecule has 1 aromatic carbocycles. The van der Waals surface area contributed by atoms with Crippen LogP contribution in [-0.4, -0.2) is 66.7 Å². The molecule has 1 aromatic heterocycles. The van der Waals surface area contributed by atoms with Gasteiger partial charge in [-0.3, -0.25) is 9.69 Å². The fourth-order valence-electron chi connectivity index (χ4n) is 3.14. The van der Waals surface area contributed by atoms with Gasteiger partial charge < -0.3 is 15.0 Å². The van der Waals surface area contributed by atoms with E-state index in [4.69, 9.17) is 4.74 Å². The number of benzene rings is 1. The number of fused-ring (bicyclic) bond motifs is 1. The summed E-state index contributed by atoms with van der Waals surface area (Å²) in [6.07, 6.45) is 1.45. The van der Waals surface area contributed by atoms with Crippen LogP contribution in [0.3, 0.4) is 0 Å². The van der Waals surface area contributed by atoms with Gasteiger partial charge in [-0.1, -0.05) is 0 Å². The molecule has 1 aliphatic heterocycles. The highest BCUT2D eigenvalue weighted by molar-refractivity contribution is 5.90. The standard InChI is InChI=1S/C18H24FN5O2/c1-12(2)22-17(25)10-23-4-6-24(7-5-23)18-13-8-16(26-3)14(19)9-15(13)20-11-21-18/h8-9,11-12H,4-7,10H2,1-3H3,(H,22,25). The molecule has 1 aliphatic rings. The summed E-state index contributed by atoms with van der Waals surface area (Å²) in [7, 11) is 1.44. The van der Waals surface area contributed by atoms with E-state index in [9.17, 15) is 9.18 Å². The smallest absolute Gasteiger partial charge is 0.234 e. The van der Waals surface area contributed by atoms with Gasteiger partial charge in [0.2, 0.25) is 5.91 Å². The quantitative estimate of drug-likeness (QED) is 0.869. The molecule has 7 nitrogen and oxygen atoms in total. The molecule has 2 heterocycles. The van der Waals surface area contributed by atoms with Crippen molar-refractivity contribution in [1.82, 2.24) is 20.2 Å². The summed E-state index contributed by atoms with van der Waals surface area (Å²) in [5, 5.41) is 3.67. The number of hydrogen-bond acceptors (Lipinski definition) is 6. The van der Waals surface area contributed by atoms with E-state index in [0.717, 1.165) is 37.4 Å². The topological polar surface area (TPSA) is 70.6 Å². The molecule has 1 fully saturated rings. The number of carbonyl (C=O) groups excluding carboxylic acids is 1. The molecule has 1 saturated heterocycles. The van der Waals surface area contributed by atoms with Crippen LogP contribution >= 0.6 is 0 Å². The third-order valence-electron chi connectivity index (χ3n) is 4.38. The number of piperazine rings is 1. The van der Waals surface area contributed by atoms with Crippen molar-refractivity contribution in [3.05, 3.63) is 24.3 Å². The Kier molecular flexibility index (Phi) is 5.51. The summed E-state index contributed by atoms with van der Waals surface area (Å²) in [5.74, 6) is 0.545. The van der Waals surface area contributed by atoms with Crippen molar-refractivity contribution in [2.24, 2.45) is 0 Å². The Morgan fingerprint density at radius 1 is 1.27 bits per heavy atom. The fraction of sp³-hybridized carbons (Fsp3) is 0.500. The molecule has 0 aliphatic carbocycles. The van der Waals surface area contributed by atoms with Crippen LogP contribution < -0.4 is 15.0 Å². The third-order valence-corrected chi connectivity index (χ3v) is 4.38. The predicted molar refractivity (Wildman–Crippen MR) is 98.0 cm³/mol. The molecule has 1 amide bonds. The van der Waals surface area contributed by atoms with E-state index in [1.165, 1.54) is 19.5 Å². The Bertz CT molecular complexity index is 790. The van der Waals surface area contributed by atoms with Crippen molar-refractivity contribution in [3.8, 4) is 5.75 Å². The van der Waals surface area contributed by atoms with E-state index in [0.29, 0.717) is 12.1 Å². The van der Waals surface area contributed by atoms with Crippen LogP contribution in [0.25, 0.3) is 10.9 Å². The highest BCUT2D eigenvalue weighted by Gasteiger charge is 2.22. The normalized spacial score (nSPS) is 15.5. The van der Waals surface area contributed by atoms with Gasteiger partial charge >= 0.3 is 0 Å². The highest BCUT2D eigenvalue weighted by Crippen LogP contribution is 2.29. The monoisotopic (exact) mass is 361 g/mol. The summed E-state index contributed by atoms with van der Waals surface area (Å²) in [4.78, 5) is 24.7. The Morgan fingerprint density at radius 2 is 2.00 bits per heavy atom. The zero-order valence-electron chi connectivity index (χ0n) is 15.3. The summed E-state index contributed by atoms with van der Waals surface area (Å²) >= 11 is 0. The van der Waals surface area contributed by atoms with Gasteiger partial charge in [-0.25, -0.2) is 14.4 Å². The van der Waals surface area contributed by atoms with Crippen LogP contribution in [0.1, 0.15) is 13.8 Å². The summed E-state index contributed by atoms with van der Waals surface area (Å²) in [5.41, 5.74) is 0.548. The Morgan fingerprint density at radius 3 is 2.65 bits per heavy atom. The van der Waals surface area contributed by atoms with Crippen LogP contribution in [0.15, 0.2) is 18.5 Å². The highest BCUT2D eigenvalue weighted by atomic mass is 19.1. The molecule has 1 N–H and O–H groups in total. The van der Waals surface area contributed by atoms with Crippen LogP contribution in [0.4, 0.5) is 10.2 Å². The molecule has 0 atom stereocenters. The summed E-state index contributed by atoms with van der Waals surface area (Å²) in [6, 6.07) is 3.15. The zero-order valence-corrected chi connectivity index (χ0v) is 15.3. The fourth-order valence-corrected chi connectivity index (χ4v) is 3.14. The van der Waals surface area contributed by atoms with Crippen LogP contribution in [0, 0.1) is 5.82 Å². The van der Waals surface area contributed by atoms with E-state index < -0.39 is 5.82 Å². The molecular formula is C18H24FN5O2. The number of carbonyl (C=O) groups is 1. The molecule has 2 aromatic rings. The Labute approximate surface area is 152 Å². The second-order valence-electron chi connectivity index (χ2n) is 6.69. The Balaban J connectivity index is 1.72. The minimum atomic E-state index is -0.439. The number of anilines is 1. The van der Waals surface area contributed by atoms with Crippen LogP contribution in [0.2, 0.25) is 0 Å². The number of ether oxygens (including phenoxy) is 1. The lowest BCUT2D eigenvalue weighted by molar-refractivity contribution is -0.122. The number of hydrogen-bond donors (Lipinski definition) is 1. The number of aromatic nitrogens is 2. The molecule has 26 heavy (non-hydrogen) atoms. The Hall–Kier alpha value is -2.48. The zero-order chi connectivity index (χ0) is 18.7. The van der Waals surface area contributed by atoms with Crippen LogP contribution in [0.5, 0.6) is 5.75 Å². The van der Waals surface area contributed by atoms with Gasteiger partial charge in [-0.2, -0.15) is 0 Å². The van der Waals surface area contributed by atoms with Gasteiger partial charge in [-0.05, 0) is 19.9 Å². The molecule has 140 valence electrons. The third kappa shape index (κ3) is 4.01. The second-order valence-corrected chi connectivity index (χ2v) is 6.69. The number of halogens is 1. The molecule has 0 unspecified atom stereocenters. The maximum absolute atomic E-state index is 13.9. The first kappa shape index (κ1) is 18.3. The number of amides is 1. The molecule has 8 heteroatoms. The van der Waals surface area contributed by atoms with Crippen molar-refractivity contribution in [2.45, 2.75) is 19.9 Å². The van der Waals surface area contributed by atoms with Crippen molar-refractivity contribution < 1.29 is 13.9 Å². The van der Waals surface area contributed by atoms with Gasteiger partial charge in [0.25, 0.3) is 0 Å². The number of rotatable bonds is 5. The lowest BCUT2D eigenvalue weighted by Crippen LogP contribution is -2.50. The maximum Gasteiger partial charge on any atom is 0.234 e. The second kappa shape index (κ2) is 7.82. The van der Waals surface area contributed by atoms with Gasteiger partial charge in [0.15, 0.2) is 11.6 Å². The molecule has 0 bridgehead atoms. The lowest BCUT2D eigenvalue weighted by atomic mass is 10.2. The van der Waals surface area contributed by atoms with Gasteiger partial charge in [-0.15, -0.1) is 0 Å². The first-order chi connectivity index (χ1) is 12.5. The van der Waals surface area contributed by atoms with E-state index in [2.05, 4.69) is 25.1 Å². The number of methoxy groups -OCH3 is 1. The van der Waals surface area contributed by atoms with E-state index in [1.807, 2.05) is 13.8 Å². The molecule has 3 rings (SSSR count). The molecule has 0 spiro atoms. The number of nitrogens with zero attached hydrogens (tertiary/aromatic N) is 4. The van der Waals surface area contributed by atoms with Crippen molar-refractivity contribution in [1.29, 1.82) is 0 Å². The SMILES string of the molecule is COc1cc2c(N3CCN(CC(=O)NC(C)C)CC3)ncnc2cc1F. The molecule has 0 saturated carbocycles. The largest absolute Gasteiger partial charge is 0.494 e. The first-order valence-corrected chi connectivity index (χ1v) is 8.73. The van der Waals surface area contributed by atoms with E-state index >= 15 is 0 Å². The average Bonchev–Trinajstić information content (AvgIpc) is 2.60. The summed E-state index contributed by atoms with van der Waals surface area (Å²) < 4.78 is 19.0. The van der Waals surface area contributed by atoms with E-state index in [-0.39, 0.29) is 17.7 Å². The minimum Gasteiger partial charge on any atom is -0.494 e. The van der Waals surface area contributed by atoms with Gasteiger partial charge in [0.05, 0.1) is 19.2 Å². The predicted octanol–water partition coefficient (Wildman–Crippen LogP) is 1.42. The minimum absolute atomic E-state index is 0.0427. The first-order valence-electron chi connectivity index (χ1n) is 8.73. The van der Waals surface area contributed by atoms with E-state index in [1.54, 1.807) is 6.07 Å². The van der Waals surface area contributed by atoms with Gasteiger partial charge in [0.1, 0.15) is 12.1 Å².